The summed E-state index contributed by atoms with van der Waals surface area (Å²) in [6.45, 7) is 0. The van der Waals surface area contributed by atoms with Crippen molar-refractivity contribution in [3.05, 3.63) is 53.6 Å². The number of nitrogens with one attached hydrogen (secondary N) is 2. The highest BCUT2D eigenvalue weighted by Gasteiger charge is 2.05. The maximum absolute atomic E-state index is 11.4. The van der Waals surface area contributed by atoms with Gasteiger partial charge in [0, 0.05) is 11.8 Å². The van der Waals surface area contributed by atoms with Crippen LogP contribution in [0.5, 0.6) is 11.5 Å². The zero-order chi connectivity index (χ0) is 18.9. The van der Waals surface area contributed by atoms with Crippen molar-refractivity contribution in [1.29, 1.82) is 0 Å². The van der Waals surface area contributed by atoms with E-state index in [2.05, 4.69) is 20.6 Å². The van der Waals surface area contributed by atoms with Crippen LogP contribution in [0.15, 0.2) is 47.6 Å². The average Bonchev–Trinajstić information content (AvgIpc) is 2.67. The molecule has 0 radical (unpaired) electrons. The second kappa shape index (κ2) is 9.38. The van der Waals surface area contributed by atoms with Crippen LogP contribution >= 0.6 is 12.2 Å². The minimum Gasteiger partial charge on any atom is -0.493 e. The van der Waals surface area contributed by atoms with Crippen LogP contribution in [-0.2, 0) is 4.74 Å². The highest BCUT2D eigenvalue weighted by Crippen LogP contribution is 2.29. The maximum atomic E-state index is 11.4. The molecule has 7 nitrogen and oxygen atoms in total. The summed E-state index contributed by atoms with van der Waals surface area (Å²) in [6.07, 6.45) is 1.59. The molecule has 0 spiro atoms. The van der Waals surface area contributed by atoms with Crippen molar-refractivity contribution in [2.24, 2.45) is 5.10 Å². The van der Waals surface area contributed by atoms with Crippen molar-refractivity contribution < 1.29 is 19.0 Å². The van der Waals surface area contributed by atoms with Gasteiger partial charge in [0.1, 0.15) is 0 Å². The molecule has 26 heavy (non-hydrogen) atoms. The van der Waals surface area contributed by atoms with Gasteiger partial charge in [0.25, 0.3) is 0 Å². The van der Waals surface area contributed by atoms with Gasteiger partial charge in [0.05, 0.1) is 33.1 Å². The number of anilines is 1. The summed E-state index contributed by atoms with van der Waals surface area (Å²) in [5.41, 5.74) is 4.73. The van der Waals surface area contributed by atoms with E-state index in [-0.39, 0.29) is 5.97 Å². The van der Waals surface area contributed by atoms with Crippen molar-refractivity contribution in [2.45, 2.75) is 0 Å². The first-order valence-electron chi connectivity index (χ1n) is 7.58. The predicted molar refractivity (Wildman–Crippen MR) is 104 cm³/mol. The number of benzene rings is 2. The molecule has 0 fully saturated rings. The molecule has 2 aromatic carbocycles. The summed E-state index contributed by atoms with van der Waals surface area (Å²) >= 11 is 5.19. The van der Waals surface area contributed by atoms with Crippen molar-refractivity contribution in [3.63, 3.8) is 0 Å². The quantitative estimate of drug-likeness (QED) is 0.349. The van der Waals surface area contributed by atoms with Crippen molar-refractivity contribution in [2.75, 3.05) is 26.6 Å². The lowest BCUT2D eigenvalue weighted by Crippen LogP contribution is -2.23. The van der Waals surface area contributed by atoms with Gasteiger partial charge in [-0.15, -0.1) is 0 Å². The third-order valence-corrected chi connectivity index (χ3v) is 3.55. The first-order valence-corrected chi connectivity index (χ1v) is 7.98. The number of hydrazone groups is 1. The Kier molecular flexibility index (Phi) is 6.92. The van der Waals surface area contributed by atoms with Crippen LogP contribution in [0.3, 0.4) is 0 Å². The number of carbonyl (C=O) groups is 1. The molecular formula is C18H19N3O4S. The maximum Gasteiger partial charge on any atom is 0.337 e. The fourth-order valence-electron chi connectivity index (χ4n) is 2.06. The molecule has 0 amide bonds. The summed E-state index contributed by atoms with van der Waals surface area (Å²) in [5.74, 6) is 0.840. The first-order chi connectivity index (χ1) is 12.6. The summed E-state index contributed by atoms with van der Waals surface area (Å²) in [7, 11) is 4.48. The molecule has 2 N–H and O–H groups in total. The average molecular weight is 373 g/mol. The minimum absolute atomic E-state index is 0.319. The van der Waals surface area contributed by atoms with Gasteiger partial charge >= 0.3 is 5.97 Å². The Labute approximate surface area is 157 Å². The third-order valence-electron chi connectivity index (χ3n) is 3.35. The van der Waals surface area contributed by atoms with E-state index in [1.807, 2.05) is 6.07 Å². The SMILES string of the molecule is COC(=O)c1ccc(C=NNC(=S)Nc2ccc(OC)c(OC)c2)cc1. The second-order valence-corrected chi connectivity index (χ2v) is 5.42. The van der Waals surface area contributed by atoms with E-state index in [4.69, 9.17) is 21.7 Å². The molecule has 0 aliphatic heterocycles. The van der Waals surface area contributed by atoms with Crippen LogP contribution < -0.4 is 20.2 Å². The van der Waals surface area contributed by atoms with Crippen LogP contribution in [0.25, 0.3) is 0 Å². The van der Waals surface area contributed by atoms with Crippen LogP contribution in [-0.4, -0.2) is 38.6 Å². The standard InChI is InChI=1S/C18H19N3O4S/c1-23-15-9-8-14(10-16(15)24-2)20-18(26)21-19-11-12-4-6-13(7-5-12)17(22)25-3/h4-11H,1-3H3,(H2,20,21,26). The van der Waals surface area contributed by atoms with Crippen LogP contribution in [0, 0.1) is 0 Å². The molecule has 0 saturated carbocycles. The molecule has 0 saturated heterocycles. The monoisotopic (exact) mass is 373 g/mol. The summed E-state index contributed by atoms with van der Waals surface area (Å²) in [5, 5.41) is 7.37. The van der Waals surface area contributed by atoms with Gasteiger partial charge in [-0.25, -0.2) is 4.79 Å². The van der Waals surface area contributed by atoms with Crippen molar-refractivity contribution in [1.82, 2.24) is 5.43 Å². The third kappa shape index (κ3) is 5.18. The second-order valence-electron chi connectivity index (χ2n) is 5.01. The molecular weight excluding hydrogens is 354 g/mol. The molecule has 0 aromatic heterocycles. The normalized spacial score (nSPS) is 10.3. The molecule has 8 heteroatoms. The molecule has 0 unspecified atom stereocenters. The Morgan fingerprint density at radius 2 is 1.73 bits per heavy atom. The number of hydrogen-bond acceptors (Lipinski definition) is 6. The minimum atomic E-state index is -0.382. The molecule has 0 aliphatic rings. The molecule has 136 valence electrons. The van der Waals surface area contributed by atoms with Gasteiger partial charge in [-0.1, -0.05) is 12.1 Å². The number of hydrogen-bond donors (Lipinski definition) is 2. The van der Waals surface area contributed by atoms with Gasteiger partial charge in [0.15, 0.2) is 16.6 Å². The van der Waals surface area contributed by atoms with E-state index in [9.17, 15) is 4.79 Å². The Morgan fingerprint density at radius 1 is 1.04 bits per heavy atom. The Bertz CT molecular complexity index is 807. The molecule has 0 heterocycles. The van der Waals surface area contributed by atoms with E-state index >= 15 is 0 Å². The lowest BCUT2D eigenvalue weighted by molar-refractivity contribution is 0.0600. The van der Waals surface area contributed by atoms with Gasteiger partial charge in [-0.3, -0.25) is 5.43 Å². The zero-order valence-corrected chi connectivity index (χ0v) is 15.4. The number of esters is 1. The summed E-state index contributed by atoms with van der Waals surface area (Å²) in [6, 6.07) is 12.2. The first kappa shape index (κ1) is 19.2. The van der Waals surface area contributed by atoms with Gasteiger partial charge < -0.3 is 19.5 Å². The van der Waals surface area contributed by atoms with Crippen LogP contribution in [0.2, 0.25) is 0 Å². The number of thiocarbonyl (C=S) groups is 1. The Morgan fingerprint density at radius 3 is 2.35 bits per heavy atom. The van der Waals surface area contributed by atoms with Gasteiger partial charge in [-0.05, 0) is 42.0 Å². The summed E-state index contributed by atoms with van der Waals surface area (Å²) < 4.78 is 15.1. The fourth-order valence-corrected chi connectivity index (χ4v) is 2.23. The van der Waals surface area contributed by atoms with E-state index < -0.39 is 0 Å². The number of carbonyl (C=O) groups excluding carboxylic acids is 1. The number of ether oxygens (including phenoxy) is 3. The number of methoxy groups -OCH3 is 3. The van der Waals surface area contributed by atoms with E-state index in [0.717, 1.165) is 11.3 Å². The van der Waals surface area contributed by atoms with Gasteiger partial charge in [-0.2, -0.15) is 5.10 Å². The van der Waals surface area contributed by atoms with E-state index in [1.54, 1.807) is 56.8 Å². The Hall–Kier alpha value is -3.13. The van der Waals surface area contributed by atoms with Crippen molar-refractivity contribution in [3.8, 4) is 11.5 Å². The highest BCUT2D eigenvalue weighted by molar-refractivity contribution is 7.80. The molecule has 2 aromatic rings. The van der Waals surface area contributed by atoms with Crippen LogP contribution in [0.1, 0.15) is 15.9 Å². The smallest absolute Gasteiger partial charge is 0.337 e. The highest BCUT2D eigenvalue weighted by atomic mass is 32.1. The lowest BCUT2D eigenvalue weighted by Gasteiger charge is -2.11. The van der Waals surface area contributed by atoms with Gasteiger partial charge in [0.2, 0.25) is 0 Å². The molecule has 0 atom stereocenters. The van der Waals surface area contributed by atoms with Crippen LogP contribution in [0.4, 0.5) is 5.69 Å². The Balaban J connectivity index is 1.92. The topological polar surface area (TPSA) is 81.2 Å². The van der Waals surface area contributed by atoms with E-state index in [1.165, 1.54) is 7.11 Å². The number of nitrogens with zero attached hydrogens (tertiary/aromatic N) is 1. The molecule has 0 aliphatic carbocycles. The van der Waals surface area contributed by atoms with E-state index in [0.29, 0.717) is 22.2 Å². The largest absolute Gasteiger partial charge is 0.493 e. The number of rotatable bonds is 6. The fraction of sp³-hybridized carbons (Fsp3) is 0.167. The van der Waals surface area contributed by atoms with Crippen molar-refractivity contribution >= 4 is 35.2 Å². The summed E-state index contributed by atoms with van der Waals surface area (Å²) in [4.78, 5) is 11.4. The predicted octanol–water partition coefficient (Wildman–Crippen LogP) is 2.81. The molecule has 2 rings (SSSR count). The zero-order valence-electron chi connectivity index (χ0n) is 14.6. The molecule has 0 bridgehead atoms. The lowest BCUT2D eigenvalue weighted by atomic mass is 10.1.